The monoisotopic (exact) mass is 222 g/mol. The zero-order chi connectivity index (χ0) is 10.5. The fourth-order valence-electron chi connectivity index (χ4n) is 1.28. The summed E-state index contributed by atoms with van der Waals surface area (Å²) in [4.78, 5) is 0. The van der Waals surface area contributed by atoms with E-state index in [-0.39, 0.29) is 35.3 Å². The fraction of sp³-hybridized carbons (Fsp3) is 0.0769. The van der Waals surface area contributed by atoms with E-state index < -0.39 is 0 Å². The minimum atomic E-state index is 0. The van der Waals surface area contributed by atoms with Crippen molar-refractivity contribution in [3.05, 3.63) is 60.2 Å². The molecule has 0 atom stereocenters. The summed E-state index contributed by atoms with van der Waals surface area (Å²) in [5.74, 6) is 0.723. The predicted molar refractivity (Wildman–Crippen MR) is 56.7 cm³/mol. The average molecular weight is 222 g/mol. The summed E-state index contributed by atoms with van der Waals surface area (Å²) >= 11 is 0. The van der Waals surface area contributed by atoms with Gasteiger partial charge in [-0.2, -0.15) is 0 Å². The molecule has 3 heteroatoms. The van der Waals surface area contributed by atoms with Crippen molar-refractivity contribution in [3.63, 3.8) is 0 Å². The van der Waals surface area contributed by atoms with Crippen molar-refractivity contribution in [2.75, 3.05) is 0 Å². The SMILES string of the molecule is [Na+].[O-]c1ccc(OCc2ccccc2)cc1. The van der Waals surface area contributed by atoms with Crippen LogP contribution in [0.5, 0.6) is 11.5 Å². The van der Waals surface area contributed by atoms with Gasteiger partial charge in [-0.05, 0) is 17.7 Å². The van der Waals surface area contributed by atoms with Crippen LogP contribution in [0.15, 0.2) is 54.6 Å². The van der Waals surface area contributed by atoms with Gasteiger partial charge in [0, 0.05) is 0 Å². The van der Waals surface area contributed by atoms with Crippen LogP contribution >= 0.6 is 0 Å². The molecule has 0 bridgehead atoms. The Morgan fingerprint density at radius 1 is 0.875 bits per heavy atom. The summed E-state index contributed by atoms with van der Waals surface area (Å²) in [6.07, 6.45) is 0. The molecule has 2 nitrogen and oxygen atoms in total. The summed E-state index contributed by atoms with van der Waals surface area (Å²) in [6, 6.07) is 16.3. The van der Waals surface area contributed by atoms with E-state index in [0.717, 1.165) is 11.3 Å². The molecule has 76 valence electrons. The third-order valence-corrected chi connectivity index (χ3v) is 2.07. The quantitative estimate of drug-likeness (QED) is 0.646. The van der Waals surface area contributed by atoms with E-state index in [9.17, 15) is 5.11 Å². The minimum Gasteiger partial charge on any atom is -0.872 e. The van der Waals surface area contributed by atoms with Crippen LogP contribution in [0.25, 0.3) is 0 Å². The molecule has 2 rings (SSSR count). The Bertz CT molecular complexity index is 412. The van der Waals surface area contributed by atoms with E-state index in [1.54, 1.807) is 12.1 Å². The van der Waals surface area contributed by atoms with Crippen molar-refractivity contribution >= 4 is 0 Å². The second kappa shape index (κ2) is 6.59. The van der Waals surface area contributed by atoms with Crippen LogP contribution in [0.4, 0.5) is 0 Å². The minimum absolute atomic E-state index is 0. The number of benzene rings is 2. The third-order valence-electron chi connectivity index (χ3n) is 2.07. The van der Waals surface area contributed by atoms with E-state index in [1.165, 1.54) is 12.1 Å². The maximum atomic E-state index is 10.8. The predicted octanol–water partition coefficient (Wildman–Crippen LogP) is -0.657. The van der Waals surface area contributed by atoms with Crippen LogP contribution in [-0.2, 0) is 6.61 Å². The van der Waals surface area contributed by atoms with Crippen molar-refractivity contribution in [2.45, 2.75) is 6.61 Å². The normalized spacial score (nSPS) is 9.25. The van der Waals surface area contributed by atoms with E-state index in [2.05, 4.69) is 0 Å². The van der Waals surface area contributed by atoms with Crippen LogP contribution < -0.4 is 39.4 Å². The van der Waals surface area contributed by atoms with Crippen LogP contribution in [-0.4, -0.2) is 0 Å². The van der Waals surface area contributed by atoms with Crippen molar-refractivity contribution in [1.82, 2.24) is 0 Å². The molecule has 0 amide bonds. The summed E-state index contributed by atoms with van der Waals surface area (Å²) in [5.41, 5.74) is 1.11. The first-order valence-electron chi connectivity index (χ1n) is 4.78. The summed E-state index contributed by atoms with van der Waals surface area (Å²) in [6.45, 7) is 0.527. The maximum absolute atomic E-state index is 10.8. The van der Waals surface area contributed by atoms with Gasteiger partial charge in [-0.25, -0.2) is 0 Å². The van der Waals surface area contributed by atoms with Crippen molar-refractivity contribution in [2.24, 2.45) is 0 Å². The molecule has 0 N–H and O–H groups in total. The van der Waals surface area contributed by atoms with Gasteiger partial charge in [0.25, 0.3) is 0 Å². The maximum Gasteiger partial charge on any atom is 1.00 e. The zero-order valence-corrected chi connectivity index (χ0v) is 11.2. The molecule has 0 unspecified atom stereocenters. The molecule has 0 aliphatic heterocycles. The van der Waals surface area contributed by atoms with Gasteiger partial charge in [-0.15, -0.1) is 5.75 Å². The van der Waals surface area contributed by atoms with Gasteiger partial charge < -0.3 is 9.84 Å². The molecular formula is C13H11NaO2. The molecule has 0 aliphatic rings. The Hall–Kier alpha value is -0.960. The molecule has 2 aromatic rings. The van der Waals surface area contributed by atoms with Gasteiger partial charge in [0.05, 0.1) is 0 Å². The van der Waals surface area contributed by atoms with Gasteiger partial charge in [0.15, 0.2) is 0 Å². The second-order valence-corrected chi connectivity index (χ2v) is 3.25. The fourth-order valence-corrected chi connectivity index (χ4v) is 1.28. The Morgan fingerprint density at radius 3 is 2.12 bits per heavy atom. The first-order valence-corrected chi connectivity index (χ1v) is 4.78. The zero-order valence-electron chi connectivity index (χ0n) is 9.22. The number of rotatable bonds is 3. The van der Waals surface area contributed by atoms with Crippen molar-refractivity contribution < 1.29 is 39.4 Å². The van der Waals surface area contributed by atoms with Gasteiger partial charge in [0.2, 0.25) is 0 Å². The largest absolute Gasteiger partial charge is 1.00 e. The summed E-state index contributed by atoms with van der Waals surface area (Å²) in [7, 11) is 0. The Labute approximate surface area is 117 Å². The molecule has 0 aromatic heterocycles. The molecule has 0 spiro atoms. The van der Waals surface area contributed by atoms with E-state index in [0.29, 0.717) is 6.61 Å². The molecule has 16 heavy (non-hydrogen) atoms. The third kappa shape index (κ3) is 3.89. The van der Waals surface area contributed by atoms with Crippen molar-refractivity contribution in [3.8, 4) is 11.5 Å². The molecule has 0 heterocycles. The van der Waals surface area contributed by atoms with Gasteiger partial charge in [-0.3, -0.25) is 0 Å². The first kappa shape index (κ1) is 13.1. The van der Waals surface area contributed by atoms with Crippen LogP contribution in [0.1, 0.15) is 5.56 Å². The van der Waals surface area contributed by atoms with E-state index >= 15 is 0 Å². The van der Waals surface area contributed by atoms with Gasteiger partial charge in [0.1, 0.15) is 12.4 Å². The molecule has 0 saturated carbocycles. The van der Waals surface area contributed by atoms with E-state index in [4.69, 9.17) is 4.74 Å². The summed E-state index contributed by atoms with van der Waals surface area (Å²) < 4.78 is 5.51. The Morgan fingerprint density at radius 2 is 1.50 bits per heavy atom. The molecule has 0 saturated heterocycles. The summed E-state index contributed by atoms with van der Waals surface area (Å²) in [5, 5.41) is 10.8. The number of ether oxygens (including phenoxy) is 1. The molecule has 0 radical (unpaired) electrons. The Balaban J connectivity index is 0.00000128. The van der Waals surface area contributed by atoms with Gasteiger partial charge in [-0.1, -0.05) is 42.5 Å². The number of hydrogen-bond donors (Lipinski definition) is 0. The Kier molecular flexibility index (Phi) is 5.39. The average Bonchev–Trinajstić information content (AvgIpc) is 2.30. The smallest absolute Gasteiger partial charge is 0.872 e. The molecule has 0 aliphatic carbocycles. The molecular weight excluding hydrogens is 211 g/mol. The standard InChI is InChI=1S/C13H12O2.Na/c14-12-6-8-13(9-7-12)15-10-11-4-2-1-3-5-11;/h1-9,14H,10H2;/q;+1/p-1. The van der Waals surface area contributed by atoms with Crippen LogP contribution in [0, 0.1) is 0 Å². The molecule has 2 aromatic carbocycles. The van der Waals surface area contributed by atoms with E-state index in [1.807, 2.05) is 30.3 Å². The van der Waals surface area contributed by atoms with Crippen molar-refractivity contribution in [1.29, 1.82) is 0 Å². The molecule has 0 fully saturated rings. The van der Waals surface area contributed by atoms with Crippen LogP contribution in [0.3, 0.4) is 0 Å². The van der Waals surface area contributed by atoms with Crippen LogP contribution in [0.2, 0.25) is 0 Å². The topological polar surface area (TPSA) is 32.3 Å². The van der Waals surface area contributed by atoms with Gasteiger partial charge >= 0.3 is 29.6 Å². The first-order chi connectivity index (χ1) is 7.34. The number of hydrogen-bond acceptors (Lipinski definition) is 2. The second-order valence-electron chi connectivity index (χ2n) is 3.25.